The van der Waals surface area contributed by atoms with Crippen LogP contribution in [0.5, 0.6) is 0 Å². The molecule has 0 saturated carbocycles. The molecule has 0 saturated heterocycles. The van der Waals surface area contributed by atoms with Crippen molar-refractivity contribution in [3.63, 3.8) is 0 Å². The highest BCUT2D eigenvalue weighted by Gasteiger charge is 2.17. The van der Waals surface area contributed by atoms with Crippen molar-refractivity contribution in [3.05, 3.63) is 87.7 Å². The fourth-order valence-corrected chi connectivity index (χ4v) is 2.84. The van der Waals surface area contributed by atoms with E-state index in [1.54, 1.807) is 12.1 Å². The molecule has 0 N–H and O–H groups in total. The van der Waals surface area contributed by atoms with E-state index in [4.69, 9.17) is 4.74 Å². The third-order valence-corrected chi connectivity index (χ3v) is 3.91. The van der Waals surface area contributed by atoms with Crippen LogP contribution in [0.15, 0.2) is 60.9 Å². The van der Waals surface area contributed by atoms with Crippen LogP contribution in [-0.2, 0) is 11.3 Å². The van der Waals surface area contributed by atoms with Crippen LogP contribution in [0.4, 0.5) is 0 Å². The number of nitrogens with zero attached hydrogens (tertiary/aromatic N) is 2. The predicted molar refractivity (Wildman–Crippen MR) is 94.8 cm³/mol. The molecule has 6 nitrogen and oxygen atoms in total. The van der Waals surface area contributed by atoms with Crippen LogP contribution in [0.3, 0.4) is 0 Å². The average Bonchev–Trinajstić information content (AvgIpc) is 2.98. The second-order valence-corrected chi connectivity index (χ2v) is 5.49. The molecule has 0 radical (unpaired) electrons. The van der Waals surface area contributed by atoms with Gasteiger partial charge in [-0.2, -0.15) is 0 Å². The smallest absolute Gasteiger partial charge is 0.338 e. The van der Waals surface area contributed by atoms with E-state index in [2.05, 4.69) is 0 Å². The standard InChI is InChI=1S/C19H16N2O4/c1-25-19(22)16-8-5-9-17-18(16)15(10-11-21(23)24)13-20(17)12-14-6-3-2-4-7-14/h2-11,13H,12H2,1H3/b11-10+. The summed E-state index contributed by atoms with van der Waals surface area (Å²) in [6, 6.07) is 15.2. The third kappa shape index (κ3) is 3.42. The molecule has 3 aromatic rings. The van der Waals surface area contributed by atoms with Gasteiger partial charge in [0.15, 0.2) is 0 Å². The number of ether oxygens (including phenoxy) is 1. The Morgan fingerprint density at radius 2 is 1.96 bits per heavy atom. The van der Waals surface area contributed by atoms with Crippen molar-refractivity contribution in [2.45, 2.75) is 6.54 Å². The van der Waals surface area contributed by atoms with Crippen LogP contribution in [0.2, 0.25) is 0 Å². The number of fused-ring (bicyclic) bond motifs is 1. The summed E-state index contributed by atoms with van der Waals surface area (Å²) in [5, 5.41) is 11.3. The number of hydrogen-bond acceptors (Lipinski definition) is 4. The maximum Gasteiger partial charge on any atom is 0.338 e. The van der Waals surface area contributed by atoms with Gasteiger partial charge in [0.2, 0.25) is 6.20 Å². The first-order valence-electron chi connectivity index (χ1n) is 7.66. The first-order valence-corrected chi connectivity index (χ1v) is 7.66. The van der Waals surface area contributed by atoms with Crippen molar-refractivity contribution < 1.29 is 14.5 Å². The van der Waals surface area contributed by atoms with Crippen LogP contribution in [0.1, 0.15) is 21.5 Å². The highest BCUT2D eigenvalue weighted by atomic mass is 16.6. The summed E-state index contributed by atoms with van der Waals surface area (Å²) < 4.78 is 6.82. The molecule has 2 aromatic carbocycles. The molecular formula is C19H16N2O4. The highest BCUT2D eigenvalue weighted by Crippen LogP contribution is 2.28. The molecule has 1 heterocycles. The van der Waals surface area contributed by atoms with Gasteiger partial charge in [-0.3, -0.25) is 10.1 Å². The maximum atomic E-state index is 12.1. The molecule has 0 fully saturated rings. The zero-order chi connectivity index (χ0) is 17.8. The summed E-state index contributed by atoms with van der Waals surface area (Å²) in [6.07, 6.45) is 4.08. The van der Waals surface area contributed by atoms with Gasteiger partial charge in [-0.25, -0.2) is 4.79 Å². The summed E-state index contributed by atoms with van der Waals surface area (Å²) in [4.78, 5) is 22.3. The minimum absolute atomic E-state index is 0.384. The zero-order valence-corrected chi connectivity index (χ0v) is 13.6. The summed E-state index contributed by atoms with van der Waals surface area (Å²) in [7, 11) is 1.31. The number of carbonyl (C=O) groups is 1. The molecule has 3 rings (SSSR count). The van der Waals surface area contributed by atoms with E-state index < -0.39 is 10.9 Å². The molecule has 0 amide bonds. The Hall–Kier alpha value is -3.41. The topological polar surface area (TPSA) is 74.4 Å². The number of aromatic nitrogens is 1. The van der Waals surface area contributed by atoms with E-state index >= 15 is 0 Å². The van der Waals surface area contributed by atoms with Crippen molar-refractivity contribution in [1.82, 2.24) is 4.57 Å². The van der Waals surface area contributed by atoms with Gasteiger partial charge in [-0.05, 0) is 17.7 Å². The lowest BCUT2D eigenvalue weighted by Gasteiger charge is -2.07. The lowest BCUT2D eigenvalue weighted by molar-refractivity contribution is -0.400. The second kappa shape index (κ2) is 7.00. The summed E-state index contributed by atoms with van der Waals surface area (Å²) in [5.74, 6) is -0.473. The number of carbonyl (C=O) groups excluding carboxylic acids is 1. The number of benzene rings is 2. The molecule has 0 spiro atoms. The fourth-order valence-electron chi connectivity index (χ4n) is 2.84. The van der Waals surface area contributed by atoms with E-state index in [1.807, 2.05) is 47.2 Å². The number of hydrogen-bond donors (Lipinski definition) is 0. The molecule has 126 valence electrons. The molecule has 25 heavy (non-hydrogen) atoms. The fraction of sp³-hybridized carbons (Fsp3) is 0.105. The van der Waals surface area contributed by atoms with Crippen molar-refractivity contribution in [1.29, 1.82) is 0 Å². The summed E-state index contributed by atoms with van der Waals surface area (Å²) in [6.45, 7) is 0.592. The Morgan fingerprint density at radius 1 is 1.20 bits per heavy atom. The van der Waals surface area contributed by atoms with Gasteiger partial charge in [0.05, 0.1) is 17.6 Å². The molecular weight excluding hydrogens is 320 g/mol. The van der Waals surface area contributed by atoms with Crippen LogP contribution in [0, 0.1) is 10.1 Å². The largest absolute Gasteiger partial charge is 0.465 e. The number of nitro groups is 1. The van der Waals surface area contributed by atoms with Crippen LogP contribution >= 0.6 is 0 Å². The molecule has 0 bridgehead atoms. The number of methoxy groups -OCH3 is 1. The Kier molecular flexibility index (Phi) is 4.61. The highest BCUT2D eigenvalue weighted by molar-refractivity contribution is 6.07. The molecule has 0 aliphatic heterocycles. The van der Waals surface area contributed by atoms with Gasteiger partial charge >= 0.3 is 5.97 Å². The summed E-state index contributed by atoms with van der Waals surface area (Å²) in [5.41, 5.74) is 2.89. The average molecular weight is 336 g/mol. The predicted octanol–water partition coefficient (Wildman–Crippen LogP) is 3.72. The van der Waals surface area contributed by atoms with E-state index in [0.717, 1.165) is 17.3 Å². The minimum atomic E-state index is -0.527. The minimum Gasteiger partial charge on any atom is -0.465 e. The quantitative estimate of drug-likeness (QED) is 0.404. The molecule has 1 aromatic heterocycles. The maximum absolute atomic E-state index is 12.1. The van der Waals surface area contributed by atoms with Gasteiger partial charge in [-0.15, -0.1) is 0 Å². The molecule has 0 aliphatic carbocycles. The van der Waals surface area contributed by atoms with Crippen LogP contribution in [-0.4, -0.2) is 22.6 Å². The van der Waals surface area contributed by atoms with E-state index in [0.29, 0.717) is 23.1 Å². The van der Waals surface area contributed by atoms with Crippen molar-refractivity contribution in [2.75, 3.05) is 7.11 Å². The Bertz CT molecular complexity index is 958. The molecule has 6 heteroatoms. The number of esters is 1. The zero-order valence-electron chi connectivity index (χ0n) is 13.6. The molecule has 0 unspecified atom stereocenters. The van der Waals surface area contributed by atoms with E-state index in [1.165, 1.54) is 13.2 Å². The van der Waals surface area contributed by atoms with Gasteiger partial charge in [0.25, 0.3) is 0 Å². The van der Waals surface area contributed by atoms with E-state index in [9.17, 15) is 14.9 Å². The van der Waals surface area contributed by atoms with Crippen LogP contribution in [0.25, 0.3) is 17.0 Å². The molecule has 0 aliphatic rings. The van der Waals surface area contributed by atoms with Gasteiger partial charge in [0, 0.05) is 35.3 Å². The van der Waals surface area contributed by atoms with Crippen LogP contribution < -0.4 is 0 Å². The molecule has 0 atom stereocenters. The Labute approximate surface area is 144 Å². The Morgan fingerprint density at radius 3 is 2.64 bits per heavy atom. The SMILES string of the molecule is COC(=O)c1cccc2c1c(/C=C/[N+](=O)[O-])cn2Cc1ccccc1. The van der Waals surface area contributed by atoms with Crippen molar-refractivity contribution in [2.24, 2.45) is 0 Å². The third-order valence-electron chi connectivity index (χ3n) is 3.91. The van der Waals surface area contributed by atoms with E-state index in [-0.39, 0.29) is 0 Å². The first-order chi connectivity index (χ1) is 12.1. The normalized spacial score (nSPS) is 11.1. The monoisotopic (exact) mass is 336 g/mol. The second-order valence-electron chi connectivity index (χ2n) is 5.49. The first kappa shape index (κ1) is 16.4. The van der Waals surface area contributed by atoms with Crippen molar-refractivity contribution >= 4 is 22.9 Å². The Balaban J connectivity index is 2.18. The lowest BCUT2D eigenvalue weighted by atomic mass is 10.1. The summed E-state index contributed by atoms with van der Waals surface area (Å²) >= 11 is 0. The number of rotatable bonds is 5. The van der Waals surface area contributed by atoms with Gasteiger partial charge in [0.1, 0.15) is 0 Å². The van der Waals surface area contributed by atoms with Crippen molar-refractivity contribution in [3.8, 4) is 0 Å². The van der Waals surface area contributed by atoms with Gasteiger partial charge < -0.3 is 9.30 Å². The lowest BCUT2D eigenvalue weighted by Crippen LogP contribution is -2.02. The van der Waals surface area contributed by atoms with Gasteiger partial charge in [-0.1, -0.05) is 36.4 Å².